The first-order chi connectivity index (χ1) is 16.2. The predicted molar refractivity (Wildman–Crippen MR) is 130 cm³/mol. The highest BCUT2D eigenvalue weighted by Gasteiger charge is 2.31. The van der Waals surface area contributed by atoms with Crippen molar-refractivity contribution in [3.8, 4) is 0 Å². The Balaban J connectivity index is 1.44. The summed E-state index contributed by atoms with van der Waals surface area (Å²) < 4.78 is 62.0. The van der Waals surface area contributed by atoms with Crippen LogP contribution in [-0.2, 0) is 21.4 Å². The fourth-order valence-electron chi connectivity index (χ4n) is 3.74. The monoisotopic (exact) mass is 546 g/mol. The zero-order valence-electron chi connectivity index (χ0n) is 18.0. The Morgan fingerprint density at radius 3 is 2.18 bits per heavy atom. The highest BCUT2D eigenvalue weighted by Crippen LogP contribution is 2.29. The molecule has 0 saturated carbocycles. The van der Waals surface area contributed by atoms with Crippen LogP contribution in [0.15, 0.2) is 58.8 Å². The molecule has 0 spiro atoms. The Morgan fingerprint density at radius 1 is 0.941 bits per heavy atom. The Kier molecular flexibility index (Phi) is 8.24. The van der Waals surface area contributed by atoms with E-state index in [1.807, 2.05) is 12.1 Å². The Morgan fingerprint density at radius 2 is 1.59 bits per heavy atom. The minimum Gasteiger partial charge on any atom is -0.367 e. The molecule has 1 fully saturated rings. The second-order valence-electron chi connectivity index (χ2n) is 7.81. The summed E-state index contributed by atoms with van der Waals surface area (Å²) >= 11 is 13.0. The summed E-state index contributed by atoms with van der Waals surface area (Å²) in [6, 6.07) is 13.9. The van der Waals surface area contributed by atoms with Gasteiger partial charge in [0.15, 0.2) is 0 Å². The smallest absolute Gasteiger partial charge is 0.252 e. The number of nitrogens with zero attached hydrogens (tertiary/aromatic N) is 2. The summed E-state index contributed by atoms with van der Waals surface area (Å²) in [6.07, 6.45) is -0.490. The summed E-state index contributed by atoms with van der Waals surface area (Å²) in [6.45, 7) is 1.79. The van der Waals surface area contributed by atoms with Gasteiger partial charge in [-0.2, -0.15) is 4.31 Å². The molecule has 0 aliphatic carbocycles. The molecule has 5 nitrogen and oxygen atoms in total. The van der Waals surface area contributed by atoms with Gasteiger partial charge in [-0.25, -0.2) is 17.2 Å². The zero-order valence-corrected chi connectivity index (χ0v) is 21.1. The van der Waals surface area contributed by atoms with E-state index in [9.17, 15) is 17.2 Å². The molecule has 1 aliphatic rings. The van der Waals surface area contributed by atoms with E-state index in [1.54, 1.807) is 18.2 Å². The summed E-state index contributed by atoms with van der Waals surface area (Å²) in [7, 11) is -3.59. The summed E-state index contributed by atoms with van der Waals surface area (Å²) in [4.78, 5) is 2.07. The second kappa shape index (κ2) is 11.0. The van der Waals surface area contributed by atoms with E-state index in [0.717, 1.165) is 16.9 Å². The number of hydrogen-bond donors (Lipinski definition) is 0. The molecule has 1 aliphatic heterocycles. The molecule has 34 heavy (non-hydrogen) atoms. The third kappa shape index (κ3) is 5.96. The number of piperazine rings is 1. The molecule has 0 radical (unpaired) electrons. The van der Waals surface area contributed by atoms with Gasteiger partial charge in [-0.3, -0.25) is 4.90 Å². The van der Waals surface area contributed by atoms with Gasteiger partial charge in [0.2, 0.25) is 0 Å². The van der Waals surface area contributed by atoms with Gasteiger partial charge in [0.05, 0.1) is 17.0 Å². The molecule has 1 aromatic heterocycles. The normalized spacial score (nSPS) is 16.6. The van der Waals surface area contributed by atoms with Gasteiger partial charge in [-0.05, 0) is 42.0 Å². The van der Waals surface area contributed by atoms with Gasteiger partial charge in [-0.1, -0.05) is 41.4 Å². The number of rotatable bonds is 8. The highest BCUT2D eigenvalue weighted by molar-refractivity contribution is 7.91. The van der Waals surface area contributed by atoms with Gasteiger partial charge in [-0.15, -0.1) is 11.3 Å². The van der Waals surface area contributed by atoms with Crippen LogP contribution in [0.1, 0.15) is 17.2 Å². The molecule has 0 unspecified atom stereocenters. The van der Waals surface area contributed by atoms with Crippen molar-refractivity contribution in [2.24, 2.45) is 0 Å². The van der Waals surface area contributed by atoms with Crippen molar-refractivity contribution < 1.29 is 21.9 Å². The number of hydrogen-bond acceptors (Lipinski definition) is 5. The van der Waals surface area contributed by atoms with Crippen molar-refractivity contribution in [1.82, 2.24) is 9.21 Å². The Labute approximate surface area is 211 Å². The summed E-state index contributed by atoms with van der Waals surface area (Å²) in [5, 5.41) is 0.565. The lowest BCUT2D eigenvalue weighted by atomic mass is 10.1. The Bertz CT molecular complexity index is 1210. The molecule has 11 heteroatoms. The number of thiophene rings is 1. The van der Waals surface area contributed by atoms with Crippen LogP contribution < -0.4 is 0 Å². The SMILES string of the molecule is O=S(=O)(c1ccc(Cl)s1)N1CCN(C[C@H](OCc2c(F)cccc2F)c2ccc(Cl)cc2)CC1. The summed E-state index contributed by atoms with van der Waals surface area (Å²) in [5.41, 5.74) is 0.677. The summed E-state index contributed by atoms with van der Waals surface area (Å²) in [5.74, 6) is -1.33. The topological polar surface area (TPSA) is 49.9 Å². The van der Waals surface area contributed by atoms with E-state index < -0.39 is 27.8 Å². The molecule has 4 rings (SSSR count). The van der Waals surface area contributed by atoms with Crippen molar-refractivity contribution in [2.45, 2.75) is 16.9 Å². The fourth-order valence-corrected chi connectivity index (χ4v) is 6.92. The lowest BCUT2D eigenvalue weighted by molar-refractivity contribution is 0.00547. The van der Waals surface area contributed by atoms with Gasteiger partial charge in [0.1, 0.15) is 15.8 Å². The van der Waals surface area contributed by atoms with Crippen LogP contribution in [0.2, 0.25) is 9.36 Å². The van der Waals surface area contributed by atoms with Crippen LogP contribution in [0.25, 0.3) is 0 Å². The van der Waals surface area contributed by atoms with Crippen molar-refractivity contribution in [1.29, 1.82) is 0 Å². The minimum atomic E-state index is -3.59. The fraction of sp³-hybridized carbons (Fsp3) is 0.304. The first-order valence-corrected chi connectivity index (χ1v) is 13.5. The van der Waals surface area contributed by atoms with Gasteiger partial charge < -0.3 is 4.74 Å². The number of ether oxygens (including phenoxy) is 1. The van der Waals surface area contributed by atoms with E-state index in [2.05, 4.69) is 4.90 Å². The van der Waals surface area contributed by atoms with E-state index >= 15 is 0 Å². The quantitative estimate of drug-likeness (QED) is 0.369. The number of halogens is 4. The lowest BCUT2D eigenvalue weighted by Gasteiger charge is -2.35. The molecule has 1 atom stereocenters. The van der Waals surface area contributed by atoms with E-state index in [1.165, 1.54) is 28.6 Å². The van der Waals surface area contributed by atoms with Crippen molar-refractivity contribution >= 4 is 44.6 Å². The van der Waals surface area contributed by atoms with E-state index in [0.29, 0.717) is 42.1 Å². The predicted octanol–water partition coefficient (Wildman–Crippen LogP) is 5.60. The average Bonchev–Trinajstić information content (AvgIpc) is 3.26. The van der Waals surface area contributed by atoms with Crippen molar-refractivity contribution in [3.05, 3.63) is 86.7 Å². The molecule has 182 valence electrons. The minimum absolute atomic E-state index is 0.132. The van der Waals surface area contributed by atoms with Gasteiger partial charge in [0.25, 0.3) is 10.0 Å². The number of sulfonamides is 1. The van der Waals surface area contributed by atoms with Gasteiger partial charge >= 0.3 is 0 Å². The third-order valence-electron chi connectivity index (χ3n) is 5.63. The first-order valence-electron chi connectivity index (χ1n) is 10.5. The van der Waals surface area contributed by atoms with Crippen molar-refractivity contribution in [2.75, 3.05) is 32.7 Å². The molecule has 3 aromatic rings. The van der Waals surface area contributed by atoms with E-state index in [-0.39, 0.29) is 16.4 Å². The molecular formula is C23H22Cl2F2N2O3S2. The molecule has 1 saturated heterocycles. The second-order valence-corrected chi connectivity index (χ2v) is 12.1. The Hall–Kier alpha value is -1.59. The largest absolute Gasteiger partial charge is 0.367 e. The first kappa shape index (κ1) is 25.5. The van der Waals surface area contributed by atoms with Crippen LogP contribution in [0.3, 0.4) is 0 Å². The van der Waals surface area contributed by atoms with Crippen LogP contribution in [0.5, 0.6) is 0 Å². The molecule has 0 N–H and O–H groups in total. The van der Waals surface area contributed by atoms with Crippen LogP contribution in [-0.4, -0.2) is 50.3 Å². The lowest BCUT2D eigenvalue weighted by Crippen LogP contribution is -2.49. The van der Waals surface area contributed by atoms with Crippen LogP contribution in [0, 0.1) is 11.6 Å². The molecule has 0 bridgehead atoms. The third-order valence-corrected chi connectivity index (χ3v) is 9.48. The maximum absolute atomic E-state index is 14.1. The number of benzene rings is 2. The molecule has 2 aromatic carbocycles. The molecule has 0 amide bonds. The highest BCUT2D eigenvalue weighted by atomic mass is 35.5. The van der Waals surface area contributed by atoms with Crippen molar-refractivity contribution in [3.63, 3.8) is 0 Å². The van der Waals surface area contributed by atoms with Crippen LogP contribution >= 0.6 is 34.5 Å². The maximum atomic E-state index is 14.1. The molecular weight excluding hydrogens is 525 g/mol. The van der Waals surface area contributed by atoms with Gasteiger partial charge in [0, 0.05) is 43.3 Å². The molecule has 2 heterocycles. The van der Waals surface area contributed by atoms with Crippen LogP contribution in [0.4, 0.5) is 8.78 Å². The average molecular weight is 547 g/mol. The van der Waals surface area contributed by atoms with E-state index in [4.69, 9.17) is 27.9 Å². The zero-order chi connectivity index (χ0) is 24.3. The standard InChI is InChI=1S/C23H22Cl2F2N2O3S2/c24-17-6-4-16(5-7-17)21(32-15-18-19(26)2-1-3-20(18)27)14-28-10-12-29(13-11-28)34(30,31)23-9-8-22(25)33-23/h1-9,21H,10-15H2/t21-/m0/s1. The maximum Gasteiger partial charge on any atom is 0.252 e.